The summed E-state index contributed by atoms with van der Waals surface area (Å²) in [7, 11) is 0. The predicted molar refractivity (Wildman–Crippen MR) is 48.3 cm³/mol. The highest BCUT2D eigenvalue weighted by molar-refractivity contribution is 5.80. The van der Waals surface area contributed by atoms with Gasteiger partial charge in [-0.1, -0.05) is 18.2 Å². The lowest BCUT2D eigenvalue weighted by molar-refractivity contribution is -0.135. The summed E-state index contributed by atoms with van der Waals surface area (Å²) < 4.78 is 0. The summed E-state index contributed by atoms with van der Waals surface area (Å²) in [6.07, 6.45) is 5.98. The van der Waals surface area contributed by atoms with E-state index in [0.717, 1.165) is 6.08 Å². The van der Waals surface area contributed by atoms with E-state index in [0.29, 0.717) is 0 Å². The lowest BCUT2D eigenvalue weighted by atomic mass is 10.4. The monoisotopic (exact) mass is 187 g/mol. The molecule has 0 unspecified atom stereocenters. The molecule has 0 amide bonds. The third-order valence-corrected chi connectivity index (χ3v) is 0.717. The van der Waals surface area contributed by atoms with Crippen molar-refractivity contribution >= 4 is 11.9 Å². The maximum Gasteiger partial charge on any atom is 0.328 e. The van der Waals surface area contributed by atoms with Crippen molar-refractivity contribution in [3.63, 3.8) is 0 Å². The van der Waals surface area contributed by atoms with Crippen molar-refractivity contribution in [2.45, 2.75) is 6.92 Å². The van der Waals surface area contributed by atoms with Crippen LogP contribution in [0.4, 0.5) is 0 Å². The zero-order valence-corrected chi connectivity index (χ0v) is 7.30. The van der Waals surface area contributed by atoms with Crippen LogP contribution in [-0.2, 0) is 9.59 Å². The van der Waals surface area contributed by atoms with Crippen LogP contribution in [0.25, 0.3) is 0 Å². The van der Waals surface area contributed by atoms with Gasteiger partial charge in [0.2, 0.25) is 0 Å². The number of carbonyl (C=O) groups is 2. The maximum atomic E-state index is 9.75. The van der Waals surface area contributed by atoms with Crippen molar-refractivity contribution in [2.24, 2.45) is 5.73 Å². The van der Waals surface area contributed by atoms with Crippen LogP contribution in [0.1, 0.15) is 6.92 Å². The Balaban J connectivity index is 0. The molecule has 0 spiro atoms. The second-order valence-corrected chi connectivity index (χ2v) is 1.82. The Hall–Kier alpha value is -1.62. The van der Waals surface area contributed by atoms with Crippen molar-refractivity contribution in [1.82, 2.24) is 0 Å². The molecule has 0 aliphatic carbocycles. The van der Waals surface area contributed by atoms with Crippen molar-refractivity contribution in [2.75, 3.05) is 6.54 Å². The number of carboxylic acids is 2. The van der Waals surface area contributed by atoms with Gasteiger partial charge in [0.25, 0.3) is 0 Å². The quantitative estimate of drug-likeness (QED) is 0.433. The van der Waals surface area contributed by atoms with Crippen molar-refractivity contribution in [3.05, 3.63) is 24.3 Å². The van der Waals surface area contributed by atoms with E-state index in [9.17, 15) is 9.59 Å². The molecular weight excluding hydrogens is 174 g/mol. The Kier molecular flexibility index (Phi) is 11.1. The van der Waals surface area contributed by atoms with Crippen LogP contribution in [0.3, 0.4) is 0 Å². The molecule has 0 saturated heterocycles. The Labute approximate surface area is 76.2 Å². The van der Waals surface area contributed by atoms with Gasteiger partial charge in [0.05, 0.1) is 6.54 Å². The fourth-order valence-corrected chi connectivity index (χ4v) is 0.249. The number of nitrogens with two attached hydrogens (primary N) is 1. The molecule has 0 aromatic heterocycles. The average molecular weight is 187 g/mol. The van der Waals surface area contributed by atoms with Crippen LogP contribution in [-0.4, -0.2) is 28.7 Å². The molecule has 0 radical (unpaired) electrons. The summed E-state index contributed by atoms with van der Waals surface area (Å²) in [6.45, 7) is 1.55. The summed E-state index contributed by atoms with van der Waals surface area (Å²) >= 11 is 0. The Morgan fingerprint density at radius 3 is 2.00 bits per heavy atom. The zero-order valence-electron chi connectivity index (χ0n) is 7.30. The normalized spacial score (nSPS) is 9.69. The largest absolute Gasteiger partial charge is 0.480 e. The molecular formula is C8H13NO4. The highest BCUT2D eigenvalue weighted by Gasteiger charge is 1.81. The van der Waals surface area contributed by atoms with Gasteiger partial charge in [0.1, 0.15) is 0 Å². The molecule has 0 heterocycles. The van der Waals surface area contributed by atoms with E-state index in [1.807, 2.05) is 6.92 Å². The van der Waals surface area contributed by atoms with E-state index in [1.165, 1.54) is 6.08 Å². The zero-order chi connectivity index (χ0) is 10.7. The number of hydrogen-bond acceptors (Lipinski definition) is 3. The number of rotatable bonds is 3. The molecule has 4 N–H and O–H groups in total. The van der Waals surface area contributed by atoms with Gasteiger partial charge >= 0.3 is 11.9 Å². The van der Waals surface area contributed by atoms with Crippen LogP contribution < -0.4 is 5.73 Å². The minimum Gasteiger partial charge on any atom is -0.480 e. The first kappa shape index (κ1) is 13.9. The fraction of sp³-hybridized carbons (Fsp3) is 0.250. The predicted octanol–water partition coefficient (Wildman–Crippen LogP) is 0.233. The first-order chi connectivity index (χ1) is 6.04. The number of allylic oxidation sites excluding steroid dienone is 3. The molecule has 13 heavy (non-hydrogen) atoms. The van der Waals surface area contributed by atoms with Crippen LogP contribution >= 0.6 is 0 Å². The minimum absolute atomic E-state index is 0.278. The molecule has 0 fully saturated rings. The SMILES string of the molecule is CC=CC=CC(=O)O.NCC(=O)O. The first-order valence-electron chi connectivity index (χ1n) is 3.48. The third-order valence-electron chi connectivity index (χ3n) is 0.717. The van der Waals surface area contributed by atoms with Crippen LogP contribution in [0.5, 0.6) is 0 Å². The van der Waals surface area contributed by atoms with E-state index >= 15 is 0 Å². The first-order valence-corrected chi connectivity index (χ1v) is 3.48. The molecule has 0 bridgehead atoms. The molecule has 74 valence electrons. The summed E-state index contributed by atoms with van der Waals surface area (Å²) in [5.74, 6) is -1.88. The van der Waals surface area contributed by atoms with E-state index in [4.69, 9.17) is 10.2 Å². The lowest BCUT2D eigenvalue weighted by Crippen LogP contribution is -2.10. The molecule has 0 aromatic carbocycles. The molecule has 0 aliphatic heterocycles. The minimum atomic E-state index is -0.968. The molecule has 0 atom stereocenters. The van der Waals surface area contributed by atoms with Gasteiger partial charge < -0.3 is 15.9 Å². The van der Waals surface area contributed by atoms with Crippen molar-refractivity contribution in [3.8, 4) is 0 Å². The fourth-order valence-electron chi connectivity index (χ4n) is 0.249. The van der Waals surface area contributed by atoms with Crippen molar-refractivity contribution in [1.29, 1.82) is 0 Å². The van der Waals surface area contributed by atoms with Crippen LogP contribution in [0.15, 0.2) is 24.3 Å². The second kappa shape index (κ2) is 10.4. The van der Waals surface area contributed by atoms with E-state index in [1.54, 1.807) is 12.2 Å². The molecule has 0 aromatic rings. The molecule has 0 aliphatic rings. The highest BCUT2D eigenvalue weighted by Crippen LogP contribution is 1.74. The number of carboxylic acid groups (broad SMARTS) is 2. The maximum absolute atomic E-state index is 9.75. The van der Waals surface area contributed by atoms with Gasteiger partial charge in [-0.05, 0) is 6.92 Å². The Morgan fingerprint density at radius 1 is 1.31 bits per heavy atom. The average Bonchev–Trinajstić information content (AvgIpc) is 2.05. The standard InChI is InChI=1S/C6H8O2.C2H5NO2/c1-2-3-4-5-6(7)8;3-1-2(4)5/h2-5H,1H3,(H,7,8);1,3H2,(H,4,5). The Bertz CT molecular complexity index is 208. The number of hydrogen-bond donors (Lipinski definition) is 3. The lowest BCUT2D eigenvalue weighted by Gasteiger charge is -1.73. The van der Waals surface area contributed by atoms with Crippen LogP contribution in [0, 0.1) is 0 Å². The summed E-state index contributed by atoms with van der Waals surface area (Å²) in [4.78, 5) is 19.0. The summed E-state index contributed by atoms with van der Waals surface area (Å²) in [5, 5.41) is 15.6. The van der Waals surface area contributed by atoms with E-state index in [2.05, 4.69) is 5.73 Å². The molecule has 5 nitrogen and oxygen atoms in total. The second-order valence-electron chi connectivity index (χ2n) is 1.82. The summed E-state index contributed by atoms with van der Waals surface area (Å²) in [6, 6.07) is 0. The van der Waals surface area contributed by atoms with Gasteiger partial charge in [0.15, 0.2) is 0 Å². The highest BCUT2D eigenvalue weighted by atomic mass is 16.4. The third kappa shape index (κ3) is 25.2. The molecule has 0 saturated carbocycles. The Morgan fingerprint density at radius 2 is 1.77 bits per heavy atom. The van der Waals surface area contributed by atoms with Crippen molar-refractivity contribution < 1.29 is 19.8 Å². The van der Waals surface area contributed by atoms with Gasteiger partial charge in [-0.25, -0.2) is 4.79 Å². The summed E-state index contributed by atoms with van der Waals surface area (Å²) in [5.41, 5.74) is 4.57. The topological polar surface area (TPSA) is 101 Å². The van der Waals surface area contributed by atoms with Gasteiger partial charge in [0, 0.05) is 6.08 Å². The van der Waals surface area contributed by atoms with Crippen LogP contribution in [0.2, 0.25) is 0 Å². The van der Waals surface area contributed by atoms with E-state index < -0.39 is 11.9 Å². The molecule has 0 rings (SSSR count). The smallest absolute Gasteiger partial charge is 0.328 e. The molecule has 5 heteroatoms. The van der Waals surface area contributed by atoms with Gasteiger partial charge in [-0.3, -0.25) is 4.79 Å². The number of aliphatic carboxylic acids is 2. The van der Waals surface area contributed by atoms with Gasteiger partial charge in [-0.15, -0.1) is 0 Å². The van der Waals surface area contributed by atoms with E-state index in [-0.39, 0.29) is 6.54 Å². The van der Waals surface area contributed by atoms with Gasteiger partial charge in [-0.2, -0.15) is 0 Å².